The molecule has 1 heterocycles. The Bertz CT molecular complexity index is 798. The molecule has 0 amide bonds. The lowest BCUT2D eigenvalue weighted by Gasteiger charge is -2.03. The van der Waals surface area contributed by atoms with Gasteiger partial charge < -0.3 is 4.74 Å². The summed E-state index contributed by atoms with van der Waals surface area (Å²) in [5, 5.41) is 6.99. The number of thiophene rings is 1. The minimum absolute atomic E-state index is 0.0262. The highest BCUT2D eigenvalue weighted by molar-refractivity contribution is 7.89. The highest BCUT2D eigenvalue weighted by atomic mass is 35.5. The van der Waals surface area contributed by atoms with E-state index < -0.39 is 16.0 Å². The second-order valence-corrected chi connectivity index (χ2v) is 6.86. The minimum Gasteiger partial charge on any atom is -0.465 e. The highest BCUT2D eigenvalue weighted by Crippen LogP contribution is 2.21. The van der Waals surface area contributed by atoms with Crippen molar-refractivity contribution in [2.75, 3.05) is 7.11 Å². The Morgan fingerprint density at radius 2 is 2.00 bits per heavy atom. The topological polar surface area (TPSA) is 84.8 Å². The Labute approximate surface area is 136 Å². The first-order valence-corrected chi connectivity index (χ1v) is 8.69. The van der Waals surface area contributed by atoms with Crippen LogP contribution in [0.2, 0.25) is 5.02 Å². The van der Waals surface area contributed by atoms with Crippen molar-refractivity contribution in [1.29, 1.82) is 0 Å². The first-order valence-electron chi connectivity index (χ1n) is 5.89. The number of ether oxygens (including phenoxy) is 1. The number of nitrogens with zero attached hydrogens (tertiary/aromatic N) is 1. The quantitative estimate of drug-likeness (QED) is 0.505. The number of sulfonamides is 1. The SMILES string of the molecule is COC(=O)c1cscc1S(=O)(=O)N/N=C/c1ccc(Cl)cc1. The van der Waals surface area contributed by atoms with Crippen LogP contribution in [-0.4, -0.2) is 27.7 Å². The van der Waals surface area contributed by atoms with Gasteiger partial charge in [-0.3, -0.25) is 0 Å². The summed E-state index contributed by atoms with van der Waals surface area (Å²) in [5.41, 5.74) is 0.646. The molecule has 0 bridgehead atoms. The third kappa shape index (κ3) is 3.85. The number of benzene rings is 1. The van der Waals surface area contributed by atoms with Crippen LogP contribution in [0.3, 0.4) is 0 Å². The number of carbonyl (C=O) groups is 1. The van der Waals surface area contributed by atoms with E-state index in [4.69, 9.17) is 11.6 Å². The van der Waals surface area contributed by atoms with Gasteiger partial charge in [-0.25, -0.2) is 9.63 Å². The molecule has 9 heteroatoms. The van der Waals surface area contributed by atoms with Gasteiger partial charge in [-0.1, -0.05) is 23.7 Å². The van der Waals surface area contributed by atoms with Crippen molar-refractivity contribution < 1.29 is 17.9 Å². The van der Waals surface area contributed by atoms with Crippen LogP contribution < -0.4 is 4.83 Å². The van der Waals surface area contributed by atoms with Crippen molar-refractivity contribution in [3.63, 3.8) is 0 Å². The number of hydrazone groups is 1. The van der Waals surface area contributed by atoms with Crippen molar-refractivity contribution in [2.24, 2.45) is 5.10 Å². The summed E-state index contributed by atoms with van der Waals surface area (Å²) in [5.74, 6) is -0.719. The van der Waals surface area contributed by atoms with Gasteiger partial charge in [0.2, 0.25) is 0 Å². The van der Waals surface area contributed by atoms with Gasteiger partial charge in [-0.05, 0) is 17.7 Å². The summed E-state index contributed by atoms with van der Waals surface area (Å²) < 4.78 is 28.8. The average Bonchev–Trinajstić information content (AvgIpc) is 2.99. The first-order chi connectivity index (χ1) is 10.4. The van der Waals surface area contributed by atoms with E-state index >= 15 is 0 Å². The van der Waals surface area contributed by atoms with Crippen molar-refractivity contribution in [3.05, 3.63) is 51.2 Å². The predicted octanol–water partition coefficient (Wildman–Crippen LogP) is 2.50. The molecule has 6 nitrogen and oxygen atoms in total. The maximum atomic E-state index is 12.1. The van der Waals surface area contributed by atoms with Crippen molar-refractivity contribution >= 4 is 45.1 Å². The maximum Gasteiger partial charge on any atom is 0.340 e. The summed E-state index contributed by atoms with van der Waals surface area (Å²) in [7, 11) is -2.76. The largest absolute Gasteiger partial charge is 0.465 e. The van der Waals surface area contributed by atoms with E-state index in [-0.39, 0.29) is 10.5 Å². The van der Waals surface area contributed by atoms with Gasteiger partial charge in [-0.2, -0.15) is 24.9 Å². The minimum atomic E-state index is -3.95. The summed E-state index contributed by atoms with van der Waals surface area (Å²) >= 11 is 6.83. The van der Waals surface area contributed by atoms with Crippen LogP contribution in [0.15, 0.2) is 45.0 Å². The van der Waals surface area contributed by atoms with Crippen LogP contribution in [0.4, 0.5) is 0 Å². The van der Waals surface area contributed by atoms with E-state index in [1.54, 1.807) is 24.3 Å². The predicted molar refractivity (Wildman–Crippen MR) is 85.0 cm³/mol. The zero-order chi connectivity index (χ0) is 16.2. The first kappa shape index (κ1) is 16.5. The number of methoxy groups -OCH3 is 1. The Morgan fingerprint density at radius 3 is 2.64 bits per heavy atom. The van der Waals surface area contributed by atoms with E-state index in [0.29, 0.717) is 10.6 Å². The second-order valence-electron chi connectivity index (χ2n) is 4.05. The molecule has 0 atom stereocenters. The molecule has 0 fully saturated rings. The summed E-state index contributed by atoms with van der Waals surface area (Å²) in [6.07, 6.45) is 1.33. The summed E-state index contributed by atoms with van der Waals surface area (Å²) in [6.45, 7) is 0. The van der Waals surface area contributed by atoms with E-state index in [1.807, 2.05) is 0 Å². The van der Waals surface area contributed by atoms with Gasteiger partial charge in [0.25, 0.3) is 10.0 Å². The van der Waals surface area contributed by atoms with Crippen LogP contribution in [0.25, 0.3) is 0 Å². The third-order valence-corrected chi connectivity index (χ3v) is 4.99. The zero-order valence-electron chi connectivity index (χ0n) is 11.3. The summed E-state index contributed by atoms with van der Waals surface area (Å²) in [6, 6.07) is 6.69. The Morgan fingerprint density at radius 1 is 1.32 bits per heavy atom. The van der Waals surface area contributed by atoms with Gasteiger partial charge in [0.15, 0.2) is 0 Å². The van der Waals surface area contributed by atoms with E-state index in [2.05, 4.69) is 14.7 Å². The van der Waals surface area contributed by atoms with Crippen LogP contribution >= 0.6 is 22.9 Å². The molecule has 116 valence electrons. The van der Waals surface area contributed by atoms with Crippen LogP contribution in [0.5, 0.6) is 0 Å². The van der Waals surface area contributed by atoms with Gasteiger partial charge >= 0.3 is 5.97 Å². The number of hydrogen-bond donors (Lipinski definition) is 1. The number of rotatable bonds is 5. The van der Waals surface area contributed by atoms with Crippen molar-refractivity contribution in [3.8, 4) is 0 Å². The lowest BCUT2D eigenvalue weighted by molar-refractivity contribution is 0.0597. The monoisotopic (exact) mass is 358 g/mol. The van der Waals surface area contributed by atoms with E-state index in [0.717, 1.165) is 11.3 Å². The van der Waals surface area contributed by atoms with Gasteiger partial charge in [-0.15, -0.1) is 0 Å². The average molecular weight is 359 g/mol. The molecule has 2 rings (SSSR count). The lowest BCUT2D eigenvalue weighted by Crippen LogP contribution is -2.20. The Kier molecular flexibility index (Phi) is 5.17. The fourth-order valence-electron chi connectivity index (χ4n) is 1.52. The van der Waals surface area contributed by atoms with Crippen molar-refractivity contribution in [1.82, 2.24) is 4.83 Å². The molecule has 0 unspecified atom stereocenters. The number of esters is 1. The molecule has 0 aliphatic heterocycles. The lowest BCUT2D eigenvalue weighted by atomic mass is 10.2. The molecule has 0 aliphatic carbocycles. The molecular weight excluding hydrogens is 348 g/mol. The fourth-order valence-corrected chi connectivity index (χ4v) is 3.79. The van der Waals surface area contributed by atoms with E-state index in [9.17, 15) is 13.2 Å². The molecule has 0 radical (unpaired) electrons. The molecule has 0 saturated carbocycles. The molecule has 0 saturated heterocycles. The van der Waals surface area contributed by atoms with Gasteiger partial charge in [0, 0.05) is 15.8 Å². The number of carbonyl (C=O) groups excluding carboxylic acids is 1. The summed E-state index contributed by atoms with van der Waals surface area (Å²) in [4.78, 5) is 13.4. The smallest absolute Gasteiger partial charge is 0.340 e. The molecule has 2 aromatic rings. The molecule has 1 N–H and O–H groups in total. The number of hydrogen-bond acceptors (Lipinski definition) is 6. The fraction of sp³-hybridized carbons (Fsp3) is 0.0769. The third-order valence-electron chi connectivity index (χ3n) is 2.58. The Hall–Kier alpha value is -1.90. The molecule has 1 aromatic carbocycles. The van der Waals surface area contributed by atoms with Crippen LogP contribution in [0, 0.1) is 0 Å². The number of halogens is 1. The second kappa shape index (κ2) is 6.91. The van der Waals surface area contributed by atoms with Crippen molar-refractivity contribution in [2.45, 2.75) is 4.90 Å². The molecule has 22 heavy (non-hydrogen) atoms. The Balaban J connectivity index is 2.16. The standard InChI is InChI=1S/C13H11ClN2O4S2/c1-20-13(17)11-7-21-8-12(11)22(18,19)16-15-6-9-2-4-10(14)5-3-9/h2-8,16H,1H3/b15-6+. The molecule has 0 aliphatic rings. The number of nitrogens with one attached hydrogen (secondary N) is 1. The van der Waals surface area contributed by atoms with Crippen LogP contribution in [0.1, 0.15) is 15.9 Å². The molecule has 1 aromatic heterocycles. The maximum absolute atomic E-state index is 12.1. The normalized spacial score (nSPS) is 11.5. The zero-order valence-corrected chi connectivity index (χ0v) is 13.7. The molecular formula is C13H11ClN2O4S2. The highest BCUT2D eigenvalue weighted by Gasteiger charge is 2.23. The van der Waals surface area contributed by atoms with Gasteiger partial charge in [0.05, 0.1) is 18.9 Å². The van der Waals surface area contributed by atoms with Gasteiger partial charge in [0.1, 0.15) is 4.90 Å². The molecule has 0 spiro atoms. The van der Waals surface area contributed by atoms with E-state index in [1.165, 1.54) is 24.1 Å². The van der Waals surface area contributed by atoms with Crippen LogP contribution in [-0.2, 0) is 14.8 Å².